The molecule has 0 saturated carbocycles. The zero-order chi connectivity index (χ0) is 19.8. The second-order valence-electron chi connectivity index (χ2n) is 5.87. The summed E-state index contributed by atoms with van der Waals surface area (Å²) >= 11 is 0. The summed E-state index contributed by atoms with van der Waals surface area (Å²) in [5.74, 6) is -1.62. The fraction of sp³-hybridized carbons (Fsp3) is 0.190. The molecule has 0 aliphatic carbocycles. The van der Waals surface area contributed by atoms with Gasteiger partial charge in [-0.2, -0.15) is 0 Å². The maximum absolute atomic E-state index is 12.0. The molecule has 6 nitrogen and oxygen atoms in total. The van der Waals surface area contributed by atoms with E-state index in [0.717, 1.165) is 16.7 Å². The number of nitrogens with one attached hydrogen (secondary N) is 1. The molecule has 0 bridgehead atoms. The number of benzene rings is 2. The molecule has 0 aromatic heterocycles. The van der Waals surface area contributed by atoms with Crippen LogP contribution in [0.1, 0.15) is 27.0 Å². The minimum atomic E-state index is -0.617. The SMILES string of the molecule is COC(=O)c1ccc(C)c(NC(=O)COC(=O)/C=C/c2ccccc2C)c1. The van der Waals surface area contributed by atoms with E-state index in [4.69, 9.17) is 4.74 Å². The average molecular weight is 367 g/mol. The van der Waals surface area contributed by atoms with Crippen molar-refractivity contribution in [1.29, 1.82) is 0 Å². The van der Waals surface area contributed by atoms with Crippen molar-refractivity contribution in [2.24, 2.45) is 0 Å². The van der Waals surface area contributed by atoms with Crippen molar-refractivity contribution >= 4 is 29.6 Å². The van der Waals surface area contributed by atoms with Crippen LogP contribution in [0.25, 0.3) is 6.08 Å². The van der Waals surface area contributed by atoms with Crippen molar-refractivity contribution in [3.63, 3.8) is 0 Å². The highest BCUT2D eigenvalue weighted by atomic mass is 16.5. The van der Waals surface area contributed by atoms with Gasteiger partial charge in [-0.1, -0.05) is 30.3 Å². The molecule has 0 saturated heterocycles. The molecule has 0 unspecified atom stereocenters. The van der Waals surface area contributed by atoms with Gasteiger partial charge in [0, 0.05) is 11.8 Å². The number of esters is 2. The Morgan fingerprint density at radius 3 is 2.48 bits per heavy atom. The number of aryl methyl sites for hydroxylation is 2. The number of hydrogen-bond donors (Lipinski definition) is 1. The summed E-state index contributed by atoms with van der Waals surface area (Å²) < 4.78 is 9.61. The van der Waals surface area contributed by atoms with Gasteiger partial charge in [0.15, 0.2) is 6.61 Å². The van der Waals surface area contributed by atoms with Gasteiger partial charge in [0.25, 0.3) is 5.91 Å². The van der Waals surface area contributed by atoms with E-state index in [1.807, 2.05) is 31.2 Å². The predicted octanol–water partition coefficient (Wildman–Crippen LogP) is 3.29. The van der Waals surface area contributed by atoms with Crippen LogP contribution < -0.4 is 5.32 Å². The number of hydrogen-bond acceptors (Lipinski definition) is 5. The van der Waals surface area contributed by atoms with Gasteiger partial charge in [0.2, 0.25) is 0 Å². The summed E-state index contributed by atoms with van der Waals surface area (Å²) in [4.78, 5) is 35.4. The zero-order valence-corrected chi connectivity index (χ0v) is 15.4. The van der Waals surface area contributed by atoms with Gasteiger partial charge in [-0.15, -0.1) is 0 Å². The highest BCUT2D eigenvalue weighted by molar-refractivity contribution is 5.97. The molecule has 0 aliphatic rings. The first-order valence-electron chi connectivity index (χ1n) is 8.30. The lowest BCUT2D eigenvalue weighted by atomic mass is 10.1. The van der Waals surface area contributed by atoms with E-state index in [1.165, 1.54) is 19.3 Å². The van der Waals surface area contributed by atoms with Crippen LogP contribution >= 0.6 is 0 Å². The van der Waals surface area contributed by atoms with Crippen LogP contribution in [0.15, 0.2) is 48.5 Å². The number of carbonyl (C=O) groups excluding carboxylic acids is 3. The summed E-state index contributed by atoms with van der Waals surface area (Å²) in [5, 5.41) is 2.62. The lowest BCUT2D eigenvalue weighted by molar-refractivity contribution is -0.142. The third-order valence-corrected chi connectivity index (χ3v) is 3.87. The normalized spacial score (nSPS) is 10.5. The minimum Gasteiger partial charge on any atom is -0.465 e. The molecule has 0 fully saturated rings. The predicted molar refractivity (Wildman–Crippen MR) is 102 cm³/mol. The van der Waals surface area contributed by atoms with Gasteiger partial charge in [0.05, 0.1) is 12.7 Å². The Hall–Kier alpha value is -3.41. The van der Waals surface area contributed by atoms with E-state index in [1.54, 1.807) is 25.1 Å². The second-order valence-corrected chi connectivity index (χ2v) is 5.87. The number of carbonyl (C=O) groups is 3. The summed E-state index contributed by atoms with van der Waals surface area (Å²) in [5.41, 5.74) is 3.46. The van der Waals surface area contributed by atoms with Crippen LogP contribution in [0.4, 0.5) is 5.69 Å². The molecule has 0 atom stereocenters. The summed E-state index contributed by atoms with van der Waals surface area (Å²) in [6.07, 6.45) is 2.91. The molecular weight excluding hydrogens is 346 g/mol. The molecule has 0 heterocycles. The van der Waals surface area contributed by atoms with Crippen molar-refractivity contribution < 1.29 is 23.9 Å². The van der Waals surface area contributed by atoms with E-state index in [-0.39, 0.29) is 0 Å². The van der Waals surface area contributed by atoms with E-state index < -0.39 is 24.5 Å². The van der Waals surface area contributed by atoms with Crippen molar-refractivity contribution in [3.05, 3.63) is 70.8 Å². The lowest BCUT2D eigenvalue weighted by Gasteiger charge is -2.10. The Labute approximate surface area is 157 Å². The topological polar surface area (TPSA) is 81.7 Å². The Balaban J connectivity index is 1.92. The first-order valence-corrected chi connectivity index (χ1v) is 8.30. The number of anilines is 1. The first-order chi connectivity index (χ1) is 12.9. The van der Waals surface area contributed by atoms with E-state index in [0.29, 0.717) is 11.3 Å². The van der Waals surface area contributed by atoms with Gasteiger partial charge in [-0.25, -0.2) is 9.59 Å². The quantitative estimate of drug-likeness (QED) is 0.626. The molecule has 0 radical (unpaired) electrons. The number of methoxy groups -OCH3 is 1. The van der Waals surface area contributed by atoms with E-state index in [2.05, 4.69) is 10.1 Å². The molecule has 6 heteroatoms. The average Bonchev–Trinajstić information content (AvgIpc) is 2.66. The number of rotatable bonds is 6. The molecule has 0 aliphatic heterocycles. The summed E-state index contributed by atoms with van der Waals surface area (Å²) in [7, 11) is 1.28. The fourth-order valence-electron chi connectivity index (χ4n) is 2.30. The lowest BCUT2D eigenvalue weighted by Crippen LogP contribution is -2.21. The summed E-state index contributed by atoms with van der Waals surface area (Å²) in [6.45, 7) is 3.29. The number of ether oxygens (including phenoxy) is 2. The fourth-order valence-corrected chi connectivity index (χ4v) is 2.30. The van der Waals surface area contributed by atoms with E-state index in [9.17, 15) is 14.4 Å². The Morgan fingerprint density at radius 2 is 1.78 bits per heavy atom. The van der Waals surface area contributed by atoms with Crippen molar-refractivity contribution in [1.82, 2.24) is 0 Å². The van der Waals surface area contributed by atoms with Crippen molar-refractivity contribution in [3.8, 4) is 0 Å². The van der Waals surface area contributed by atoms with E-state index >= 15 is 0 Å². The van der Waals surface area contributed by atoms with Gasteiger partial charge in [-0.3, -0.25) is 4.79 Å². The van der Waals surface area contributed by atoms with Crippen LogP contribution in [0.5, 0.6) is 0 Å². The molecule has 1 amide bonds. The van der Waals surface area contributed by atoms with Crippen LogP contribution in [0, 0.1) is 13.8 Å². The summed E-state index contributed by atoms with van der Waals surface area (Å²) in [6, 6.07) is 12.4. The molecular formula is C21H21NO5. The Kier molecular flexibility index (Phi) is 6.88. The highest BCUT2D eigenvalue weighted by Crippen LogP contribution is 2.17. The maximum Gasteiger partial charge on any atom is 0.337 e. The Bertz CT molecular complexity index is 886. The molecule has 140 valence electrons. The van der Waals surface area contributed by atoms with Crippen molar-refractivity contribution in [2.45, 2.75) is 13.8 Å². The minimum absolute atomic E-state index is 0.316. The van der Waals surface area contributed by atoms with Gasteiger partial charge in [0.1, 0.15) is 0 Å². The van der Waals surface area contributed by atoms with Gasteiger partial charge < -0.3 is 14.8 Å². The zero-order valence-electron chi connectivity index (χ0n) is 15.4. The first kappa shape index (κ1) is 19.9. The molecule has 2 aromatic rings. The molecule has 2 aromatic carbocycles. The monoisotopic (exact) mass is 367 g/mol. The highest BCUT2D eigenvalue weighted by Gasteiger charge is 2.11. The molecule has 2 rings (SSSR count). The van der Waals surface area contributed by atoms with Crippen molar-refractivity contribution in [2.75, 3.05) is 19.0 Å². The van der Waals surface area contributed by atoms with Crippen LogP contribution in [0.2, 0.25) is 0 Å². The number of amides is 1. The maximum atomic E-state index is 12.0. The molecule has 27 heavy (non-hydrogen) atoms. The van der Waals surface area contributed by atoms with Gasteiger partial charge >= 0.3 is 11.9 Å². The standard InChI is InChI=1S/C21H21NO5/c1-14-6-4-5-7-16(14)10-11-20(24)27-13-19(23)22-18-12-17(21(25)26-3)9-8-15(18)2/h4-12H,13H2,1-3H3,(H,22,23)/b11-10+. The van der Waals surface area contributed by atoms with Crippen LogP contribution in [0.3, 0.4) is 0 Å². The van der Waals surface area contributed by atoms with Gasteiger partial charge in [-0.05, 0) is 48.7 Å². The van der Waals surface area contributed by atoms with Crippen LogP contribution in [-0.2, 0) is 19.1 Å². The third-order valence-electron chi connectivity index (χ3n) is 3.87. The Morgan fingerprint density at radius 1 is 1.04 bits per heavy atom. The largest absolute Gasteiger partial charge is 0.465 e. The third kappa shape index (κ3) is 5.81. The molecule has 0 spiro atoms. The smallest absolute Gasteiger partial charge is 0.337 e. The second kappa shape index (κ2) is 9.33. The molecule has 1 N–H and O–H groups in total. The van der Waals surface area contributed by atoms with Crippen LogP contribution in [-0.4, -0.2) is 31.6 Å².